The Bertz CT molecular complexity index is 1140. The summed E-state index contributed by atoms with van der Waals surface area (Å²) in [4.78, 5) is 38.5. The Hall–Kier alpha value is -4.07. The molecule has 0 fully saturated rings. The van der Waals surface area contributed by atoms with E-state index in [1.165, 1.54) is 0 Å². The molecule has 2 aromatic carbocycles. The quantitative estimate of drug-likeness (QED) is 0.442. The van der Waals surface area contributed by atoms with Gasteiger partial charge in [0.05, 0.1) is 19.3 Å². The second-order valence-electron chi connectivity index (χ2n) is 7.16. The van der Waals surface area contributed by atoms with Crippen molar-refractivity contribution >= 4 is 11.9 Å². The number of amides is 1. The number of carbonyl (C=O) groups excluding carboxylic acids is 2. The fraction of sp³-hybridized carbons (Fsp3) is 0.208. The monoisotopic (exact) mass is 436 g/mol. The number of benzene rings is 2. The lowest BCUT2D eigenvalue weighted by molar-refractivity contribution is -0.118. The van der Waals surface area contributed by atoms with Crippen LogP contribution in [0.2, 0.25) is 0 Å². The molecule has 32 heavy (non-hydrogen) atoms. The van der Waals surface area contributed by atoms with Gasteiger partial charge in [-0.1, -0.05) is 42.5 Å². The topological polar surface area (TPSA) is 132 Å². The van der Waals surface area contributed by atoms with E-state index in [9.17, 15) is 19.5 Å². The van der Waals surface area contributed by atoms with Gasteiger partial charge in [-0.2, -0.15) is 0 Å². The number of aromatic amines is 1. The van der Waals surface area contributed by atoms with E-state index in [2.05, 4.69) is 9.72 Å². The number of hydrogen-bond acceptors (Lipinski definition) is 6. The van der Waals surface area contributed by atoms with Crippen LogP contribution in [0, 0.1) is 0 Å². The maximum atomic E-state index is 12.5. The molecule has 0 aliphatic rings. The van der Waals surface area contributed by atoms with Crippen LogP contribution in [0.1, 0.15) is 39.4 Å². The highest BCUT2D eigenvalue weighted by Gasteiger charge is 2.27. The smallest absolute Gasteiger partial charge is 0.343 e. The molecule has 1 heterocycles. The molecule has 8 heteroatoms. The van der Waals surface area contributed by atoms with E-state index < -0.39 is 29.1 Å². The number of carbonyl (C=O) groups is 2. The Labute approximate surface area is 184 Å². The van der Waals surface area contributed by atoms with Crippen LogP contribution >= 0.6 is 0 Å². The third-order valence-electron chi connectivity index (χ3n) is 5.05. The maximum absolute atomic E-state index is 12.5. The molecule has 4 N–H and O–H groups in total. The van der Waals surface area contributed by atoms with Crippen LogP contribution in [0.15, 0.2) is 65.6 Å². The molecule has 0 saturated carbocycles. The van der Waals surface area contributed by atoms with Crippen molar-refractivity contribution in [3.05, 3.63) is 93.4 Å². The molecule has 0 spiro atoms. The summed E-state index contributed by atoms with van der Waals surface area (Å²) in [5.74, 6) is -2.28. The molecule has 3 aromatic rings. The highest BCUT2D eigenvalue weighted by Crippen LogP contribution is 2.34. The molecule has 0 aliphatic heterocycles. The fourth-order valence-electron chi connectivity index (χ4n) is 3.44. The van der Waals surface area contributed by atoms with Crippen LogP contribution in [0.25, 0.3) is 0 Å². The molecule has 1 aromatic heterocycles. The Morgan fingerprint density at radius 2 is 1.78 bits per heavy atom. The van der Waals surface area contributed by atoms with Gasteiger partial charge in [0.15, 0.2) is 0 Å². The van der Waals surface area contributed by atoms with Gasteiger partial charge in [0.2, 0.25) is 5.91 Å². The summed E-state index contributed by atoms with van der Waals surface area (Å²) >= 11 is 0. The number of H-pyrrole nitrogens is 1. The second-order valence-corrected chi connectivity index (χ2v) is 7.16. The number of ether oxygens (including phenoxy) is 2. The Balaban J connectivity index is 1.85. The predicted molar refractivity (Wildman–Crippen MR) is 118 cm³/mol. The number of aromatic hydroxyl groups is 1. The van der Waals surface area contributed by atoms with E-state index in [0.717, 1.165) is 25.3 Å². The van der Waals surface area contributed by atoms with Gasteiger partial charge < -0.3 is 25.3 Å². The first kappa shape index (κ1) is 22.6. The first-order chi connectivity index (χ1) is 15.4. The van der Waals surface area contributed by atoms with Crippen molar-refractivity contribution in [2.75, 3.05) is 13.7 Å². The van der Waals surface area contributed by atoms with Crippen LogP contribution < -0.4 is 16.0 Å². The minimum Gasteiger partial charge on any atom is -0.506 e. The number of methoxy groups -OCH3 is 1. The third kappa shape index (κ3) is 5.34. The van der Waals surface area contributed by atoms with Crippen LogP contribution in [0.4, 0.5) is 0 Å². The lowest BCUT2D eigenvalue weighted by atomic mass is 9.87. The van der Waals surface area contributed by atoms with Crippen molar-refractivity contribution in [1.82, 2.24) is 4.98 Å². The third-order valence-corrected chi connectivity index (χ3v) is 5.05. The Kier molecular flexibility index (Phi) is 7.28. The number of hydrogen-bond donors (Lipinski definition) is 3. The predicted octanol–water partition coefficient (Wildman–Crippen LogP) is 2.50. The van der Waals surface area contributed by atoms with Crippen molar-refractivity contribution in [1.29, 1.82) is 0 Å². The molecule has 0 aliphatic carbocycles. The minimum atomic E-state index is -0.862. The number of aromatic nitrogens is 1. The molecule has 0 saturated heterocycles. The summed E-state index contributed by atoms with van der Waals surface area (Å²) in [5.41, 5.74) is 6.13. The summed E-state index contributed by atoms with van der Waals surface area (Å²) in [5, 5.41) is 10.6. The van der Waals surface area contributed by atoms with Crippen molar-refractivity contribution in [2.45, 2.75) is 18.8 Å². The van der Waals surface area contributed by atoms with Gasteiger partial charge in [0.25, 0.3) is 5.56 Å². The normalized spacial score (nSPS) is 11.5. The summed E-state index contributed by atoms with van der Waals surface area (Å²) in [7, 11) is 1.16. The molecule has 1 atom stereocenters. The fourth-order valence-corrected chi connectivity index (χ4v) is 3.44. The van der Waals surface area contributed by atoms with Crippen molar-refractivity contribution in [3.63, 3.8) is 0 Å². The van der Waals surface area contributed by atoms with Gasteiger partial charge in [0, 0.05) is 25.0 Å². The summed E-state index contributed by atoms with van der Waals surface area (Å²) in [6, 6.07) is 16.7. The highest BCUT2D eigenvalue weighted by atomic mass is 16.5. The number of nitrogens with one attached hydrogen (secondary N) is 1. The first-order valence-corrected chi connectivity index (χ1v) is 9.98. The molecule has 0 radical (unpaired) electrons. The maximum Gasteiger partial charge on any atom is 0.343 e. The molecule has 3 rings (SSSR count). The minimum absolute atomic E-state index is 0.135. The van der Waals surface area contributed by atoms with Gasteiger partial charge in [-0.25, -0.2) is 4.79 Å². The van der Waals surface area contributed by atoms with Crippen molar-refractivity contribution in [2.24, 2.45) is 5.73 Å². The van der Waals surface area contributed by atoms with Gasteiger partial charge in [-0.15, -0.1) is 0 Å². The van der Waals surface area contributed by atoms with E-state index >= 15 is 0 Å². The summed E-state index contributed by atoms with van der Waals surface area (Å²) in [6.45, 7) is 0.482. The highest BCUT2D eigenvalue weighted by molar-refractivity contribution is 5.92. The lowest BCUT2D eigenvalue weighted by Crippen LogP contribution is -2.23. The zero-order valence-electron chi connectivity index (χ0n) is 17.5. The average Bonchev–Trinajstić information content (AvgIpc) is 2.79. The number of primary amides is 1. The van der Waals surface area contributed by atoms with Crippen LogP contribution in [-0.2, 0) is 16.0 Å². The van der Waals surface area contributed by atoms with Crippen molar-refractivity contribution < 1.29 is 24.2 Å². The standard InChI is InChI=1S/C24H24N2O6/c1-31-24(30)19-14-26-23(29)21(22(19)28)18(13-20(25)27)16-7-9-17(10-8-16)32-12-11-15-5-3-2-4-6-15/h2-10,14,18H,11-13H2,1H3,(H2,25,27)(H2,26,28,29). The zero-order valence-corrected chi connectivity index (χ0v) is 17.5. The molecule has 166 valence electrons. The van der Waals surface area contributed by atoms with Crippen molar-refractivity contribution in [3.8, 4) is 11.5 Å². The van der Waals surface area contributed by atoms with Crippen LogP contribution in [0.3, 0.4) is 0 Å². The van der Waals surface area contributed by atoms with E-state index in [1.807, 2.05) is 30.3 Å². The Morgan fingerprint density at radius 3 is 2.41 bits per heavy atom. The number of pyridine rings is 1. The van der Waals surface area contributed by atoms with Gasteiger partial charge >= 0.3 is 5.97 Å². The first-order valence-electron chi connectivity index (χ1n) is 9.98. The Morgan fingerprint density at radius 1 is 1.09 bits per heavy atom. The molecule has 1 amide bonds. The van der Waals surface area contributed by atoms with E-state index in [1.54, 1.807) is 24.3 Å². The molecule has 8 nitrogen and oxygen atoms in total. The van der Waals surface area contributed by atoms with E-state index in [-0.39, 0.29) is 17.5 Å². The number of esters is 1. The van der Waals surface area contributed by atoms with E-state index in [4.69, 9.17) is 10.5 Å². The van der Waals surface area contributed by atoms with E-state index in [0.29, 0.717) is 17.9 Å². The summed E-state index contributed by atoms with van der Waals surface area (Å²) < 4.78 is 10.4. The lowest BCUT2D eigenvalue weighted by Gasteiger charge is -2.18. The molecular weight excluding hydrogens is 412 g/mol. The average molecular weight is 436 g/mol. The van der Waals surface area contributed by atoms with Gasteiger partial charge in [-0.05, 0) is 23.3 Å². The summed E-state index contributed by atoms with van der Waals surface area (Å²) in [6.07, 6.45) is 1.57. The van der Waals surface area contributed by atoms with Crippen LogP contribution in [0.5, 0.6) is 11.5 Å². The molecule has 1 unspecified atom stereocenters. The van der Waals surface area contributed by atoms with Gasteiger partial charge in [0.1, 0.15) is 17.1 Å². The second kappa shape index (κ2) is 10.3. The largest absolute Gasteiger partial charge is 0.506 e. The van der Waals surface area contributed by atoms with Gasteiger partial charge in [-0.3, -0.25) is 9.59 Å². The zero-order chi connectivity index (χ0) is 23.1. The molecular formula is C24H24N2O6. The molecule has 0 bridgehead atoms. The van der Waals surface area contributed by atoms with Crippen LogP contribution in [-0.4, -0.2) is 35.7 Å². The SMILES string of the molecule is COC(=O)c1c[nH]c(=O)c(C(CC(N)=O)c2ccc(OCCc3ccccc3)cc2)c1O. The number of rotatable bonds is 9. The number of nitrogens with two attached hydrogens (primary N) is 1.